The Hall–Kier alpha value is -3.79. The number of aromatic nitrogens is 1. The summed E-state index contributed by atoms with van der Waals surface area (Å²) >= 11 is 0. The molecular weight excluding hydrogens is 759 g/mol. The summed E-state index contributed by atoms with van der Waals surface area (Å²) in [6, 6.07) is 28.7. The molecule has 0 unspecified atom stereocenters. The number of aromatic hydroxyl groups is 1. The maximum atomic E-state index is 10.7. The van der Waals surface area contributed by atoms with E-state index in [9.17, 15) is 4.79 Å². The van der Waals surface area contributed by atoms with Crippen LogP contribution in [0.15, 0.2) is 83.4 Å². The number of para-hydroxylation sites is 1. The first kappa shape index (κ1) is 33.1. The van der Waals surface area contributed by atoms with Crippen LogP contribution in [0.1, 0.15) is 117 Å². The average Bonchev–Trinajstić information content (AvgIpc) is 3.86. The quantitative estimate of drug-likeness (QED) is 0.139. The van der Waals surface area contributed by atoms with Gasteiger partial charge in [0.1, 0.15) is 11.3 Å². The van der Waals surface area contributed by atoms with Gasteiger partial charge in [-0.3, -0.25) is 4.79 Å². The number of phenolic OH excluding ortho intramolecular Hbond substituents is 1. The van der Waals surface area contributed by atoms with Crippen LogP contribution < -0.4 is 0 Å². The van der Waals surface area contributed by atoms with Gasteiger partial charge in [-0.05, 0) is 102 Å². The van der Waals surface area contributed by atoms with Crippen molar-refractivity contribution in [3.05, 3.63) is 107 Å². The van der Waals surface area contributed by atoms with Gasteiger partial charge in [0.2, 0.25) is 0 Å². The molecule has 5 heteroatoms. The number of pyridine rings is 1. The molecule has 2 aliphatic rings. The summed E-state index contributed by atoms with van der Waals surface area (Å²) in [7, 11) is 0. The summed E-state index contributed by atoms with van der Waals surface area (Å²) in [5, 5.41) is 13.9. The van der Waals surface area contributed by atoms with Gasteiger partial charge < -0.3 is 14.5 Å². The fourth-order valence-corrected chi connectivity index (χ4v) is 7.52. The Morgan fingerprint density at radius 1 is 0.851 bits per heavy atom. The number of nitrogens with zero attached hydrogens (tertiary/aromatic N) is 1. The third kappa shape index (κ3) is 6.66. The molecule has 243 valence electrons. The van der Waals surface area contributed by atoms with Crippen molar-refractivity contribution in [2.75, 3.05) is 0 Å². The molecule has 2 fully saturated rings. The van der Waals surface area contributed by atoms with Gasteiger partial charge in [0.25, 0.3) is 0 Å². The molecule has 0 amide bonds. The van der Waals surface area contributed by atoms with Gasteiger partial charge in [0, 0.05) is 31.7 Å². The Morgan fingerprint density at radius 2 is 1.55 bits per heavy atom. The Morgan fingerprint density at radius 3 is 2.23 bits per heavy atom. The number of fused-ring (bicyclic) bond motifs is 4. The first-order chi connectivity index (χ1) is 22.4. The van der Waals surface area contributed by atoms with Crippen LogP contribution in [0.25, 0.3) is 44.0 Å². The third-order valence-electron chi connectivity index (χ3n) is 10.1. The van der Waals surface area contributed by atoms with E-state index < -0.39 is 0 Å². The molecule has 2 heterocycles. The number of phenols is 1. The van der Waals surface area contributed by atoms with Crippen LogP contribution in [0.2, 0.25) is 0 Å². The van der Waals surface area contributed by atoms with Crippen molar-refractivity contribution in [2.45, 2.75) is 89.9 Å². The molecule has 2 saturated carbocycles. The maximum absolute atomic E-state index is 10.7. The standard InChI is InChI=1S/C34H34NO.C8H8O2.Ir/c1-21(2)24-11-14-29-30-18-27(23-9-5-6-10-23)19-31(34(30)36-32(29)20-24)33-28-13-12-25(22-7-3-4-8-22)17-26(28)15-16-35-33;1-6(9)7-4-2-3-5-8(7)10;/h11-18,20-23H,3-10H2,1-2H3;2-5,10H,1H3;/q-1;;. The van der Waals surface area contributed by atoms with Crippen LogP contribution in [0, 0.1) is 6.07 Å². The number of benzene rings is 4. The monoisotopic (exact) mass is 801 g/mol. The average molecular weight is 801 g/mol. The second kappa shape index (κ2) is 14.1. The van der Waals surface area contributed by atoms with E-state index in [0.29, 0.717) is 23.3 Å². The molecule has 0 bridgehead atoms. The summed E-state index contributed by atoms with van der Waals surface area (Å²) in [5.41, 5.74) is 8.41. The first-order valence-electron chi connectivity index (χ1n) is 17.0. The zero-order valence-corrected chi connectivity index (χ0v) is 29.8. The summed E-state index contributed by atoms with van der Waals surface area (Å²) in [5.74, 6) is 1.70. The SMILES string of the molecule is CC(=O)c1ccccc1O.CC(C)c1ccc2c(c1)oc1c(-c3nccc4cc(C5CCCC5)ccc34)[c-]c(C3CCCC3)cc12.[Ir]. The van der Waals surface area contributed by atoms with Crippen molar-refractivity contribution < 1.29 is 34.4 Å². The number of carbonyl (C=O) groups is 1. The van der Waals surface area contributed by atoms with Gasteiger partial charge in [-0.15, -0.1) is 17.7 Å². The molecule has 8 rings (SSSR count). The predicted octanol–water partition coefficient (Wildman–Crippen LogP) is 11.6. The van der Waals surface area contributed by atoms with Crippen LogP contribution in [-0.2, 0) is 20.1 Å². The van der Waals surface area contributed by atoms with E-state index in [0.717, 1.165) is 22.4 Å². The van der Waals surface area contributed by atoms with Crippen molar-refractivity contribution in [1.29, 1.82) is 0 Å². The van der Waals surface area contributed by atoms with Crippen molar-refractivity contribution >= 4 is 38.5 Å². The van der Waals surface area contributed by atoms with Crippen molar-refractivity contribution in [3.8, 4) is 17.0 Å². The molecule has 1 N–H and O–H groups in total. The van der Waals surface area contributed by atoms with Crippen LogP contribution in [-0.4, -0.2) is 15.9 Å². The zero-order chi connectivity index (χ0) is 31.8. The summed E-state index contributed by atoms with van der Waals surface area (Å²) in [6.45, 7) is 5.90. The Labute approximate surface area is 291 Å². The molecule has 6 aromatic rings. The van der Waals surface area contributed by atoms with Gasteiger partial charge in [-0.1, -0.05) is 92.9 Å². The summed E-state index contributed by atoms with van der Waals surface area (Å²) in [6.07, 6.45) is 12.4. The van der Waals surface area contributed by atoms with E-state index in [1.165, 1.54) is 103 Å². The number of rotatable bonds is 5. The van der Waals surface area contributed by atoms with Gasteiger partial charge in [-0.2, -0.15) is 0 Å². The molecule has 0 spiro atoms. The van der Waals surface area contributed by atoms with E-state index in [4.69, 9.17) is 14.5 Å². The smallest absolute Gasteiger partial charge is 0.163 e. The van der Waals surface area contributed by atoms with E-state index in [1.807, 2.05) is 6.20 Å². The van der Waals surface area contributed by atoms with Crippen molar-refractivity contribution in [1.82, 2.24) is 4.98 Å². The number of hydrogen-bond acceptors (Lipinski definition) is 4. The molecule has 1 radical (unpaired) electrons. The Balaban J connectivity index is 0.000000304. The van der Waals surface area contributed by atoms with E-state index >= 15 is 0 Å². The summed E-state index contributed by atoms with van der Waals surface area (Å²) in [4.78, 5) is 15.7. The van der Waals surface area contributed by atoms with E-state index in [-0.39, 0.29) is 31.6 Å². The van der Waals surface area contributed by atoms with E-state index in [1.54, 1.807) is 18.2 Å². The fourth-order valence-electron chi connectivity index (χ4n) is 7.52. The largest absolute Gasteiger partial charge is 0.507 e. The van der Waals surface area contributed by atoms with Crippen molar-refractivity contribution in [2.24, 2.45) is 0 Å². The minimum absolute atomic E-state index is 0. The minimum atomic E-state index is -0.113. The molecule has 0 atom stereocenters. The molecule has 4 nitrogen and oxygen atoms in total. The summed E-state index contributed by atoms with van der Waals surface area (Å²) < 4.78 is 6.63. The molecule has 2 aromatic heterocycles. The van der Waals surface area contributed by atoms with Crippen LogP contribution in [0.3, 0.4) is 0 Å². The third-order valence-corrected chi connectivity index (χ3v) is 10.1. The minimum Gasteiger partial charge on any atom is -0.507 e. The molecule has 0 saturated heterocycles. The number of ketones is 1. The number of carbonyl (C=O) groups excluding carboxylic acids is 1. The predicted molar refractivity (Wildman–Crippen MR) is 188 cm³/mol. The first-order valence-corrected chi connectivity index (χ1v) is 17.0. The maximum Gasteiger partial charge on any atom is 0.163 e. The Kier molecular flexibility index (Phi) is 9.96. The van der Waals surface area contributed by atoms with Crippen LogP contribution in [0.5, 0.6) is 5.75 Å². The molecule has 0 aliphatic heterocycles. The van der Waals surface area contributed by atoms with Crippen LogP contribution >= 0.6 is 0 Å². The van der Waals surface area contributed by atoms with Gasteiger partial charge in [-0.25, -0.2) is 0 Å². The molecular formula is C42H42IrNO3-. The Bertz CT molecular complexity index is 2050. The van der Waals surface area contributed by atoms with Crippen molar-refractivity contribution in [3.63, 3.8) is 0 Å². The molecule has 2 aliphatic carbocycles. The van der Waals surface area contributed by atoms with E-state index in [2.05, 4.69) is 68.4 Å². The second-order valence-corrected chi connectivity index (χ2v) is 13.5. The topological polar surface area (TPSA) is 63.3 Å². The number of hydrogen-bond donors (Lipinski definition) is 1. The van der Waals surface area contributed by atoms with Gasteiger partial charge in [0.15, 0.2) is 5.78 Å². The van der Waals surface area contributed by atoms with Gasteiger partial charge >= 0.3 is 0 Å². The number of Topliss-reactive ketones (excluding diaryl/α,β-unsaturated/α-hetero) is 1. The normalized spacial score (nSPS) is 15.3. The van der Waals surface area contributed by atoms with Crippen LogP contribution in [0.4, 0.5) is 0 Å². The molecule has 4 aromatic carbocycles. The fraction of sp³-hybridized carbons (Fsp3) is 0.333. The molecule has 47 heavy (non-hydrogen) atoms. The van der Waals surface area contributed by atoms with Gasteiger partial charge in [0.05, 0.1) is 11.1 Å². The zero-order valence-electron chi connectivity index (χ0n) is 27.4. The second-order valence-electron chi connectivity index (χ2n) is 13.5. The number of furan rings is 1.